The summed E-state index contributed by atoms with van der Waals surface area (Å²) in [5.74, 6) is 0.657. The molecular weight excluding hydrogens is 400 g/mol. The van der Waals surface area contributed by atoms with E-state index in [0.29, 0.717) is 18.0 Å². The Bertz CT molecular complexity index is 1210. The minimum absolute atomic E-state index is 0.319. The molecule has 0 atom stereocenters. The topological polar surface area (TPSA) is 97.3 Å². The van der Waals surface area contributed by atoms with E-state index >= 15 is 0 Å². The number of imidazole rings is 1. The van der Waals surface area contributed by atoms with E-state index < -0.39 is 0 Å². The molecule has 0 amide bonds. The Labute approximate surface area is 187 Å². The minimum Gasteiger partial charge on any atom is -0.351 e. The number of nitrogens with one attached hydrogen (secondary N) is 1. The molecule has 0 bridgehead atoms. The third kappa shape index (κ3) is 4.01. The second kappa shape index (κ2) is 8.55. The molecule has 0 aliphatic heterocycles. The van der Waals surface area contributed by atoms with E-state index in [1.165, 1.54) is 0 Å². The van der Waals surface area contributed by atoms with Crippen LogP contribution in [-0.2, 0) is 0 Å². The van der Waals surface area contributed by atoms with Crippen LogP contribution in [-0.4, -0.2) is 43.5 Å². The van der Waals surface area contributed by atoms with Crippen LogP contribution in [0.1, 0.15) is 31.2 Å². The normalized spacial score (nSPS) is 18.6. The van der Waals surface area contributed by atoms with Gasteiger partial charge in [0.1, 0.15) is 5.65 Å². The molecular formula is C24H28N8. The molecule has 8 heteroatoms. The maximum atomic E-state index is 6.05. The van der Waals surface area contributed by atoms with Gasteiger partial charge in [0.25, 0.3) is 0 Å². The molecule has 164 valence electrons. The fraction of sp³-hybridized carbons (Fsp3) is 0.333. The van der Waals surface area contributed by atoms with Gasteiger partial charge in [-0.2, -0.15) is 0 Å². The third-order valence-electron chi connectivity index (χ3n) is 6.23. The number of nitrogens with two attached hydrogens (primary N) is 1. The van der Waals surface area contributed by atoms with E-state index in [1.54, 1.807) is 6.20 Å². The summed E-state index contributed by atoms with van der Waals surface area (Å²) in [5, 5.41) is 3.51. The minimum atomic E-state index is 0.319. The first-order valence-electron chi connectivity index (χ1n) is 11.1. The molecule has 0 spiro atoms. The van der Waals surface area contributed by atoms with Crippen molar-refractivity contribution >= 4 is 23.0 Å². The predicted octanol–water partition coefficient (Wildman–Crippen LogP) is 3.94. The Morgan fingerprint density at radius 1 is 1.03 bits per heavy atom. The quantitative estimate of drug-likeness (QED) is 0.497. The van der Waals surface area contributed by atoms with Crippen molar-refractivity contribution in [1.82, 2.24) is 24.3 Å². The van der Waals surface area contributed by atoms with Gasteiger partial charge >= 0.3 is 0 Å². The lowest BCUT2D eigenvalue weighted by Crippen LogP contribution is -2.33. The van der Waals surface area contributed by atoms with Crippen LogP contribution in [0, 0.1) is 6.92 Å². The average Bonchev–Trinajstić information content (AvgIpc) is 3.25. The zero-order valence-electron chi connectivity index (χ0n) is 18.4. The smallest absolute Gasteiger partial charge is 0.223 e. The first kappa shape index (κ1) is 20.4. The number of aromatic nitrogens is 5. The van der Waals surface area contributed by atoms with E-state index in [0.717, 1.165) is 59.7 Å². The number of pyridine rings is 2. The van der Waals surface area contributed by atoms with Gasteiger partial charge in [0.05, 0.1) is 35.2 Å². The molecule has 4 aromatic rings. The standard InChI is InChI=1S/C24H28N8/c1-16-12-28-24(29-18-7-5-17(25)6-8-18)30-23(16)21-14-27-22-10-9-20(15-32(21)22)31(2)19-4-3-11-26-13-19/h3-4,9-15,17-18H,5-8,25H2,1-2H3,(H,28,29,30). The van der Waals surface area contributed by atoms with Crippen molar-refractivity contribution in [2.24, 2.45) is 5.73 Å². The molecule has 1 aliphatic carbocycles. The van der Waals surface area contributed by atoms with Crippen molar-refractivity contribution in [1.29, 1.82) is 0 Å². The molecule has 1 saturated carbocycles. The lowest BCUT2D eigenvalue weighted by molar-refractivity contribution is 0.410. The summed E-state index contributed by atoms with van der Waals surface area (Å²) in [6.45, 7) is 2.03. The zero-order valence-corrected chi connectivity index (χ0v) is 18.4. The molecule has 32 heavy (non-hydrogen) atoms. The van der Waals surface area contributed by atoms with Crippen LogP contribution >= 0.6 is 0 Å². The number of nitrogens with zero attached hydrogens (tertiary/aromatic N) is 6. The highest BCUT2D eigenvalue weighted by Crippen LogP contribution is 2.28. The predicted molar refractivity (Wildman–Crippen MR) is 127 cm³/mol. The summed E-state index contributed by atoms with van der Waals surface area (Å²) < 4.78 is 2.08. The lowest BCUT2D eigenvalue weighted by atomic mass is 9.92. The summed E-state index contributed by atoms with van der Waals surface area (Å²) in [5.41, 5.74) is 11.8. The molecule has 4 aromatic heterocycles. The van der Waals surface area contributed by atoms with Gasteiger partial charge in [-0.25, -0.2) is 15.0 Å². The summed E-state index contributed by atoms with van der Waals surface area (Å²) in [4.78, 5) is 20.3. The fourth-order valence-electron chi connectivity index (χ4n) is 4.26. The molecule has 0 radical (unpaired) electrons. The van der Waals surface area contributed by atoms with Crippen molar-refractivity contribution in [3.63, 3.8) is 0 Å². The molecule has 1 fully saturated rings. The van der Waals surface area contributed by atoms with Gasteiger partial charge in [0.15, 0.2) is 0 Å². The maximum Gasteiger partial charge on any atom is 0.223 e. The Kier molecular flexibility index (Phi) is 5.45. The molecule has 3 N–H and O–H groups in total. The molecule has 8 nitrogen and oxygen atoms in total. The van der Waals surface area contributed by atoms with Gasteiger partial charge in [-0.05, 0) is 62.4 Å². The van der Waals surface area contributed by atoms with E-state index in [-0.39, 0.29) is 0 Å². The first-order valence-corrected chi connectivity index (χ1v) is 11.1. The van der Waals surface area contributed by atoms with E-state index in [1.807, 2.05) is 50.8 Å². The monoisotopic (exact) mass is 428 g/mol. The maximum absolute atomic E-state index is 6.05. The van der Waals surface area contributed by atoms with Gasteiger partial charge in [-0.3, -0.25) is 9.38 Å². The van der Waals surface area contributed by atoms with Gasteiger partial charge in [0.2, 0.25) is 5.95 Å². The highest BCUT2D eigenvalue weighted by atomic mass is 15.1. The summed E-state index contributed by atoms with van der Waals surface area (Å²) >= 11 is 0. The molecule has 5 rings (SSSR count). The van der Waals surface area contributed by atoms with Crippen molar-refractivity contribution in [2.75, 3.05) is 17.3 Å². The number of fused-ring (bicyclic) bond motifs is 1. The number of aryl methyl sites for hydroxylation is 1. The van der Waals surface area contributed by atoms with E-state index in [2.05, 4.69) is 41.8 Å². The van der Waals surface area contributed by atoms with Crippen molar-refractivity contribution in [3.8, 4) is 11.4 Å². The van der Waals surface area contributed by atoms with Crippen LogP contribution in [0.3, 0.4) is 0 Å². The largest absolute Gasteiger partial charge is 0.351 e. The van der Waals surface area contributed by atoms with E-state index in [4.69, 9.17) is 10.7 Å². The van der Waals surface area contributed by atoms with Crippen LogP contribution in [0.2, 0.25) is 0 Å². The Balaban J connectivity index is 1.47. The first-order chi connectivity index (χ1) is 15.6. The van der Waals surface area contributed by atoms with Gasteiger partial charge in [-0.15, -0.1) is 0 Å². The summed E-state index contributed by atoms with van der Waals surface area (Å²) in [6, 6.07) is 8.74. The van der Waals surface area contributed by atoms with Gasteiger partial charge in [0, 0.05) is 37.7 Å². The SMILES string of the molecule is Cc1cnc(NC2CCC(N)CC2)nc1-c1cnc2ccc(N(C)c3cccnc3)cn12. The Morgan fingerprint density at radius 2 is 1.88 bits per heavy atom. The molecule has 1 aliphatic rings. The van der Waals surface area contributed by atoms with Gasteiger partial charge in [-0.1, -0.05) is 0 Å². The molecule has 0 saturated heterocycles. The van der Waals surface area contributed by atoms with E-state index in [9.17, 15) is 0 Å². The van der Waals surface area contributed by atoms with Crippen LogP contribution in [0.4, 0.5) is 17.3 Å². The molecule has 4 heterocycles. The van der Waals surface area contributed by atoms with Crippen molar-refractivity contribution in [2.45, 2.75) is 44.7 Å². The third-order valence-corrected chi connectivity index (χ3v) is 6.23. The van der Waals surface area contributed by atoms with Gasteiger partial charge < -0.3 is 16.0 Å². The molecule has 0 aromatic carbocycles. The Hall–Kier alpha value is -3.52. The van der Waals surface area contributed by atoms with Crippen LogP contribution in [0.15, 0.2) is 55.2 Å². The second-order valence-corrected chi connectivity index (χ2v) is 8.51. The highest BCUT2D eigenvalue weighted by molar-refractivity contribution is 5.68. The number of rotatable bonds is 5. The Morgan fingerprint density at radius 3 is 2.66 bits per heavy atom. The average molecular weight is 429 g/mol. The van der Waals surface area contributed by atoms with Crippen molar-refractivity contribution in [3.05, 3.63) is 60.8 Å². The van der Waals surface area contributed by atoms with Crippen LogP contribution in [0.25, 0.3) is 17.0 Å². The zero-order chi connectivity index (χ0) is 22.1. The number of hydrogen-bond donors (Lipinski definition) is 2. The second-order valence-electron chi connectivity index (χ2n) is 8.51. The fourth-order valence-corrected chi connectivity index (χ4v) is 4.26. The molecule has 0 unspecified atom stereocenters. The summed E-state index contributed by atoms with van der Waals surface area (Å²) in [7, 11) is 2.03. The van der Waals surface area contributed by atoms with Crippen LogP contribution < -0.4 is 16.0 Å². The van der Waals surface area contributed by atoms with Crippen LogP contribution in [0.5, 0.6) is 0 Å². The number of anilines is 3. The summed E-state index contributed by atoms with van der Waals surface area (Å²) in [6.07, 6.45) is 13.6. The lowest BCUT2D eigenvalue weighted by Gasteiger charge is -2.26. The van der Waals surface area contributed by atoms with Crippen molar-refractivity contribution < 1.29 is 0 Å². The number of hydrogen-bond acceptors (Lipinski definition) is 7. The highest BCUT2D eigenvalue weighted by Gasteiger charge is 2.20.